The van der Waals surface area contributed by atoms with Crippen LogP contribution < -0.4 is 0 Å². The van der Waals surface area contributed by atoms with Crippen molar-refractivity contribution in [2.24, 2.45) is 0 Å². The van der Waals surface area contributed by atoms with E-state index in [1.165, 1.54) is 87.1 Å². The van der Waals surface area contributed by atoms with Crippen LogP contribution in [0.1, 0.15) is 0 Å². The first-order chi connectivity index (χ1) is 31.3. The van der Waals surface area contributed by atoms with E-state index in [-0.39, 0.29) is 0 Å². The van der Waals surface area contributed by atoms with Crippen molar-refractivity contribution in [2.45, 2.75) is 0 Å². The predicted octanol–water partition coefficient (Wildman–Crippen LogP) is 16.6. The quantitative estimate of drug-likeness (QED) is 0.163. The molecule has 0 fully saturated rings. The second-order valence-electron chi connectivity index (χ2n) is 16.8. The van der Waals surface area contributed by atoms with Crippen LogP contribution in [0.3, 0.4) is 0 Å². The standard InChI is InChI=1S/C60H36N2O/c1-2-14-37(15-3-1)41-30-33-57(60-59(41)49-22-10-13-25-58(49)63-60)62-54-24-12-9-21-48(54)52-35-39(27-32-56(52)62)38-26-31-55-51(34-38)47-20-8-11-23-53(47)61(55)40-28-29-46-44-18-5-4-16-42(44)43-17-6-7-19-45(43)50(46)36-40/h1-36H. The third kappa shape index (κ3) is 4.90. The largest absolute Gasteiger partial charge is 0.454 e. The summed E-state index contributed by atoms with van der Waals surface area (Å²) in [5, 5.41) is 14.8. The van der Waals surface area contributed by atoms with Crippen LogP contribution in [0, 0.1) is 0 Å². The molecule has 3 aromatic heterocycles. The predicted molar refractivity (Wildman–Crippen MR) is 266 cm³/mol. The van der Waals surface area contributed by atoms with E-state index < -0.39 is 0 Å². The Balaban J connectivity index is 0.950. The summed E-state index contributed by atoms with van der Waals surface area (Å²) in [4.78, 5) is 0. The van der Waals surface area contributed by atoms with Gasteiger partial charge in [0.05, 0.1) is 27.8 Å². The highest BCUT2D eigenvalue weighted by Gasteiger charge is 2.22. The van der Waals surface area contributed by atoms with Gasteiger partial charge in [-0.1, -0.05) is 158 Å². The Hall–Kier alpha value is -8.40. The first kappa shape index (κ1) is 34.3. The second kappa shape index (κ2) is 13.1. The summed E-state index contributed by atoms with van der Waals surface area (Å²) in [5.74, 6) is 0. The van der Waals surface area contributed by atoms with Crippen molar-refractivity contribution in [1.29, 1.82) is 0 Å². The van der Waals surface area contributed by atoms with Gasteiger partial charge in [0.2, 0.25) is 0 Å². The average Bonchev–Trinajstić information content (AvgIpc) is 4.02. The number of fused-ring (bicyclic) bond motifs is 15. The molecule has 0 radical (unpaired) electrons. The molecule has 0 aliphatic heterocycles. The molecule has 0 aliphatic carbocycles. The van der Waals surface area contributed by atoms with E-state index in [0.29, 0.717) is 0 Å². The molecule has 3 heterocycles. The first-order valence-electron chi connectivity index (χ1n) is 21.7. The molecule has 0 atom stereocenters. The minimum atomic E-state index is 0.888. The van der Waals surface area contributed by atoms with Gasteiger partial charge < -0.3 is 13.6 Å². The maximum Gasteiger partial charge on any atom is 0.160 e. The number of furan rings is 1. The van der Waals surface area contributed by atoms with E-state index in [0.717, 1.165) is 44.3 Å². The maximum atomic E-state index is 6.80. The number of hydrogen-bond acceptors (Lipinski definition) is 1. The highest BCUT2D eigenvalue weighted by Crippen LogP contribution is 2.44. The van der Waals surface area contributed by atoms with E-state index in [4.69, 9.17) is 4.42 Å². The van der Waals surface area contributed by atoms with Gasteiger partial charge in [0.1, 0.15) is 5.58 Å². The van der Waals surface area contributed by atoms with E-state index >= 15 is 0 Å². The molecule has 0 aliphatic rings. The Morgan fingerprint density at radius 3 is 1.43 bits per heavy atom. The molecule has 0 amide bonds. The van der Waals surface area contributed by atoms with Gasteiger partial charge in [-0.15, -0.1) is 0 Å². The van der Waals surface area contributed by atoms with Gasteiger partial charge in [-0.3, -0.25) is 0 Å². The second-order valence-corrected chi connectivity index (χ2v) is 16.8. The summed E-state index contributed by atoms with van der Waals surface area (Å²) in [5.41, 5.74) is 13.4. The third-order valence-electron chi connectivity index (χ3n) is 13.5. The summed E-state index contributed by atoms with van der Waals surface area (Å²) < 4.78 is 11.6. The smallest absolute Gasteiger partial charge is 0.160 e. The molecule has 11 aromatic carbocycles. The zero-order chi connectivity index (χ0) is 41.2. The zero-order valence-electron chi connectivity index (χ0n) is 34.1. The minimum Gasteiger partial charge on any atom is -0.454 e. The van der Waals surface area contributed by atoms with Crippen LogP contribution in [0.5, 0.6) is 0 Å². The molecule has 63 heavy (non-hydrogen) atoms. The first-order valence-corrected chi connectivity index (χ1v) is 21.7. The molecule has 292 valence electrons. The van der Waals surface area contributed by atoms with Crippen LogP contribution in [0.25, 0.3) is 131 Å². The molecule has 0 bridgehead atoms. The van der Waals surface area contributed by atoms with E-state index in [2.05, 4.69) is 228 Å². The van der Waals surface area contributed by atoms with Gasteiger partial charge in [-0.25, -0.2) is 0 Å². The average molecular weight is 801 g/mol. The van der Waals surface area contributed by atoms with Gasteiger partial charge in [0.25, 0.3) is 0 Å². The van der Waals surface area contributed by atoms with Crippen LogP contribution in [0.4, 0.5) is 0 Å². The SMILES string of the molecule is c1ccc(-c2ccc(-n3c4ccccc4c4cc(-c5ccc6c(c5)c5ccccc5n6-c5ccc6c7ccccc7c7ccccc7c6c5)ccc43)c3oc4ccccc4c23)cc1. The van der Waals surface area contributed by atoms with Gasteiger partial charge >= 0.3 is 0 Å². The lowest BCUT2D eigenvalue weighted by Crippen LogP contribution is -1.95. The van der Waals surface area contributed by atoms with Crippen LogP contribution >= 0.6 is 0 Å². The van der Waals surface area contributed by atoms with Crippen molar-refractivity contribution < 1.29 is 4.42 Å². The van der Waals surface area contributed by atoms with Crippen LogP contribution in [-0.2, 0) is 0 Å². The third-order valence-corrected chi connectivity index (χ3v) is 13.5. The summed E-state index contributed by atoms with van der Waals surface area (Å²) >= 11 is 0. The van der Waals surface area contributed by atoms with Crippen LogP contribution in [-0.4, -0.2) is 9.13 Å². The number of benzene rings is 11. The Kier molecular flexibility index (Phi) is 7.11. The minimum absolute atomic E-state index is 0.888. The van der Waals surface area contributed by atoms with Crippen molar-refractivity contribution in [2.75, 3.05) is 0 Å². The van der Waals surface area contributed by atoms with Gasteiger partial charge in [0, 0.05) is 38.0 Å². The Morgan fingerprint density at radius 1 is 0.286 bits per heavy atom. The monoisotopic (exact) mass is 800 g/mol. The normalized spacial score (nSPS) is 12.1. The Morgan fingerprint density at radius 2 is 0.778 bits per heavy atom. The van der Waals surface area contributed by atoms with Crippen molar-refractivity contribution in [3.63, 3.8) is 0 Å². The molecule has 0 saturated heterocycles. The number of rotatable bonds is 4. The zero-order valence-corrected chi connectivity index (χ0v) is 34.1. The van der Waals surface area contributed by atoms with Crippen molar-refractivity contribution in [3.8, 4) is 33.6 Å². The fourth-order valence-corrected chi connectivity index (χ4v) is 10.7. The van der Waals surface area contributed by atoms with Crippen molar-refractivity contribution >= 4 is 97.9 Å². The molecule has 0 N–H and O–H groups in total. The molecule has 0 saturated carbocycles. The lowest BCUT2D eigenvalue weighted by atomic mass is 9.94. The summed E-state index contributed by atoms with van der Waals surface area (Å²) in [6, 6.07) is 79.7. The summed E-state index contributed by atoms with van der Waals surface area (Å²) in [6.07, 6.45) is 0. The lowest BCUT2D eigenvalue weighted by Gasteiger charge is -2.14. The molecular formula is C60H36N2O. The number of aromatic nitrogens is 2. The highest BCUT2D eigenvalue weighted by molar-refractivity contribution is 6.26. The maximum absolute atomic E-state index is 6.80. The number of para-hydroxylation sites is 3. The molecule has 3 nitrogen and oxygen atoms in total. The lowest BCUT2D eigenvalue weighted by molar-refractivity contribution is 0.666. The van der Waals surface area contributed by atoms with Gasteiger partial charge in [0.15, 0.2) is 5.58 Å². The molecule has 14 rings (SSSR count). The highest BCUT2D eigenvalue weighted by atomic mass is 16.3. The Bertz CT molecular complexity index is 4170. The number of hydrogen-bond donors (Lipinski definition) is 0. The van der Waals surface area contributed by atoms with E-state index in [1.54, 1.807) is 0 Å². The number of nitrogens with zero attached hydrogens (tertiary/aromatic N) is 2. The van der Waals surface area contributed by atoms with Gasteiger partial charge in [-0.05, 0) is 115 Å². The van der Waals surface area contributed by atoms with Crippen LogP contribution in [0.15, 0.2) is 223 Å². The topological polar surface area (TPSA) is 23.0 Å². The summed E-state index contributed by atoms with van der Waals surface area (Å²) in [7, 11) is 0. The fraction of sp³-hybridized carbons (Fsp3) is 0. The molecule has 0 unspecified atom stereocenters. The molecule has 0 spiro atoms. The fourth-order valence-electron chi connectivity index (χ4n) is 10.7. The van der Waals surface area contributed by atoms with Crippen molar-refractivity contribution in [1.82, 2.24) is 9.13 Å². The van der Waals surface area contributed by atoms with E-state index in [9.17, 15) is 0 Å². The summed E-state index contributed by atoms with van der Waals surface area (Å²) in [6.45, 7) is 0. The Labute approximate surface area is 361 Å². The molecule has 3 heteroatoms. The molecular weight excluding hydrogens is 765 g/mol. The van der Waals surface area contributed by atoms with Crippen molar-refractivity contribution in [3.05, 3.63) is 218 Å². The van der Waals surface area contributed by atoms with E-state index in [1.807, 2.05) is 0 Å². The molecule has 14 aromatic rings. The van der Waals surface area contributed by atoms with Gasteiger partial charge in [-0.2, -0.15) is 0 Å². The van der Waals surface area contributed by atoms with Crippen LogP contribution in [0.2, 0.25) is 0 Å².